The van der Waals surface area contributed by atoms with Crippen LogP contribution in [0, 0.1) is 29.1 Å². The third-order valence-electron chi connectivity index (χ3n) is 2.47. The van der Waals surface area contributed by atoms with Crippen molar-refractivity contribution in [1.82, 2.24) is 0 Å². The summed E-state index contributed by atoms with van der Waals surface area (Å²) in [4.78, 5) is 10.7. The van der Waals surface area contributed by atoms with E-state index < -0.39 is 46.6 Å². The summed E-state index contributed by atoms with van der Waals surface area (Å²) < 4.78 is 70.2. The molecule has 2 aromatic carbocycles. The van der Waals surface area contributed by atoms with Crippen LogP contribution in [0.3, 0.4) is 0 Å². The molecule has 0 heterocycles. The van der Waals surface area contributed by atoms with Gasteiger partial charge in [0.15, 0.2) is 0 Å². The summed E-state index contributed by atoms with van der Waals surface area (Å²) in [7, 11) is 0. The zero-order valence-electron chi connectivity index (χ0n) is 9.96. The molecule has 0 radical (unpaired) electrons. The fourth-order valence-electron chi connectivity index (χ4n) is 1.48. The number of hydrogen-bond donors (Lipinski definition) is 1. The van der Waals surface area contributed by atoms with Crippen LogP contribution in [0.25, 0.3) is 0 Å². The lowest BCUT2D eigenvalue weighted by molar-refractivity contribution is 0.0696. The first kappa shape index (κ1) is 14.8. The molecular formula is C13H5F5O3. The molecule has 0 saturated heterocycles. The molecule has 0 spiro atoms. The van der Waals surface area contributed by atoms with Gasteiger partial charge in [0.05, 0.1) is 5.56 Å². The van der Waals surface area contributed by atoms with Gasteiger partial charge in [0, 0.05) is 0 Å². The van der Waals surface area contributed by atoms with Crippen molar-refractivity contribution in [1.29, 1.82) is 0 Å². The van der Waals surface area contributed by atoms with Crippen molar-refractivity contribution < 1.29 is 36.6 Å². The van der Waals surface area contributed by atoms with Crippen molar-refractivity contribution in [3.63, 3.8) is 0 Å². The van der Waals surface area contributed by atoms with Gasteiger partial charge in [-0.2, -0.15) is 8.78 Å². The summed E-state index contributed by atoms with van der Waals surface area (Å²) in [6.07, 6.45) is 0. The number of hydrogen-bond acceptors (Lipinski definition) is 2. The maximum Gasteiger partial charge on any atom is 0.335 e. The molecular weight excluding hydrogens is 299 g/mol. The normalized spacial score (nSPS) is 10.5. The molecule has 2 rings (SSSR count). The first-order valence-electron chi connectivity index (χ1n) is 5.35. The van der Waals surface area contributed by atoms with Crippen LogP contribution in [0.15, 0.2) is 24.3 Å². The van der Waals surface area contributed by atoms with Crippen molar-refractivity contribution in [3.05, 3.63) is 58.9 Å². The smallest absolute Gasteiger partial charge is 0.335 e. The minimum absolute atomic E-state index is 0.281. The van der Waals surface area contributed by atoms with Crippen LogP contribution in [0.4, 0.5) is 22.0 Å². The average Bonchev–Trinajstić information content (AvgIpc) is 2.48. The summed E-state index contributed by atoms with van der Waals surface area (Å²) in [5, 5.41) is 8.74. The Hall–Kier alpha value is -2.64. The lowest BCUT2D eigenvalue weighted by Crippen LogP contribution is -2.04. The Morgan fingerprint density at radius 1 is 0.905 bits per heavy atom. The molecule has 0 unspecified atom stereocenters. The Morgan fingerprint density at radius 3 is 1.95 bits per heavy atom. The molecule has 0 aliphatic carbocycles. The third kappa shape index (κ3) is 2.64. The van der Waals surface area contributed by atoms with E-state index in [0.717, 1.165) is 18.2 Å². The zero-order chi connectivity index (χ0) is 15.7. The van der Waals surface area contributed by atoms with E-state index in [1.165, 1.54) is 6.07 Å². The lowest BCUT2D eigenvalue weighted by atomic mass is 10.2. The minimum atomic E-state index is -2.31. The second kappa shape index (κ2) is 5.39. The highest BCUT2D eigenvalue weighted by atomic mass is 19.2. The summed E-state index contributed by atoms with van der Waals surface area (Å²) in [6.45, 7) is 0. The van der Waals surface area contributed by atoms with Gasteiger partial charge in [-0.05, 0) is 18.2 Å². The molecule has 110 valence electrons. The quantitative estimate of drug-likeness (QED) is 0.532. The molecule has 0 aliphatic heterocycles. The van der Waals surface area contributed by atoms with Gasteiger partial charge in [-0.15, -0.1) is 0 Å². The number of carboxylic acids is 1. The highest BCUT2D eigenvalue weighted by Crippen LogP contribution is 2.32. The Morgan fingerprint density at radius 2 is 1.43 bits per heavy atom. The van der Waals surface area contributed by atoms with E-state index in [1.54, 1.807) is 0 Å². The van der Waals surface area contributed by atoms with Crippen LogP contribution in [0.2, 0.25) is 0 Å². The fraction of sp³-hybridized carbons (Fsp3) is 0. The van der Waals surface area contributed by atoms with E-state index >= 15 is 0 Å². The third-order valence-corrected chi connectivity index (χ3v) is 2.47. The first-order chi connectivity index (χ1) is 9.82. The predicted molar refractivity (Wildman–Crippen MR) is 59.7 cm³/mol. The molecule has 0 fully saturated rings. The van der Waals surface area contributed by atoms with Gasteiger partial charge in [0.25, 0.3) is 0 Å². The van der Waals surface area contributed by atoms with Crippen molar-refractivity contribution in [3.8, 4) is 11.5 Å². The molecule has 2 aromatic rings. The number of aromatic carboxylic acids is 1. The second-order valence-corrected chi connectivity index (χ2v) is 3.83. The molecule has 0 aromatic heterocycles. The van der Waals surface area contributed by atoms with Crippen LogP contribution in [-0.2, 0) is 0 Å². The Labute approximate surface area is 114 Å². The monoisotopic (exact) mass is 304 g/mol. The molecule has 0 amide bonds. The molecule has 1 N–H and O–H groups in total. The first-order valence-corrected chi connectivity index (χ1v) is 5.35. The molecule has 8 heteroatoms. The van der Waals surface area contributed by atoms with Crippen molar-refractivity contribution in [2.45, 2.75) is 0 Å². The molecule has 3 nitrogen and oxygen atoms in total. The lowest BCUT2D eigenvalue weighted by Gasteiger charge is -2.10. The number of rotatable bonds is 3. The maximum absolute atomic E-state index is 13.4. The summed E-state index contributed by atoms with van der Waals surface area (Å²) in [5.74, 6) is -14.2. The summed E-state index contributed by atoms with van der Waals surface area (Å²) in [6, 6.07) is 4.32. The number of halogens is 5. The predicted octanol–water partition coefficient (Wildman–Crippen LogP) is 3.87. The number of carbonyl (C=O) groups is 1. The Bertz CT molecular complexity index is 701. The van der Waals surface area contributed by atoms with E-state index in [1.807, 2.05) is 0 Å². The Balaban J connectivity index is 2.50. The zero-order valence-corrected chi connectivity index (χ0v) is 9.96. The largest absolute Gasteiger partial charge is 0.478 e. The maximum atomic E-state index is 13.4. The molecule has 21 heavy (non-hydrogen) atoms. The van der Waals surface area contributed by atoms with Gasteiger partial charge in [0.2, 0.25) is 34.8 Å². The molecule has 0 bridgehead atoms. The highest BCUT2D eigenvalue weighted by molar-refractivity contribution is 5.88. The summed E-state index contributed by atoms with van der Waals surface area (Å²) in [5.41, 5.74) is -0.281. The van der Waals surface area contributed by atoms with Crippen molar-refractivity contribution in [2.75, 3.05) is 0 Å². The van der Waals surface area contributed by atoms with E-state index in [9.17, 15) is 26.7 Å². The standard InChI is InChI=1S/C13H5F5O3/c14-7-8(15)10(17)12(11(18)9(7)16)21-6-3-1-2-5(4-6)13(19)20/h1-4H,(H,19,20). The topological polar surface area (TPSA) is 46.5 Å². The second-order valence-electron chi connectivity index (χ2n) is 3.83. The number of benzene rings is 2. The van der Waals surface area contributed by atoms with Crippen LogP contribution in [0.1, 0.15) is 10.4 Å². The van der Waals surface area contributed by atoms with Gasteiger partial charge >= 0.3 is 5.97 Å². The number of ether oxygens (including phenoxy) is 1. The van der Waals surface area contributed by atoms with Gasteiger partial charge in [0.1, 0.15) is 5.75 Å². The van der Waals surface area contributed by atoms with Crippen molar-refractivity contribution in [2.24, 2.45) is 0 Å². The molecule has 0 atom stereocenters. The fourth-order valence-corrected chi connectivity index (χ4v) is 1.48. The van der Waals surface area contributed by atoms with Crippen molar-refractivity contribution >= 4 is 5.97 Å². The molecule has 0 aliphatic rings. The van der Waals surface area contributed by atoms with E-state index in [-0.39, 0.29) is 5.56 Å². The Kier molecular flexibility index (Phi) is 3.79. The van der Waals surface area contributed by atoms with Gasteiger partial charge in [-0.1, -0.05) is 6.07 Å². The van der Waals surface area contributed by atoms with E-state index in [4.69, 9.17) is 5.11 Å². The van der Waals surface area contributed by atoms with Crippen LogP contribution in [0.5, 0.6) is 11.5 Å². The SMILES string of the molecule is O=C(O)c1cccc(Oc2c(F)c(F)c(F)c(F)c2F)c1. The van der Waals surface area contributed by atoms with E-state index in [2.05, 4.69) is 4.74 Å². The van der Waals surface area contributed by atoms with Gasteiger partial charge in [-0.3, -0.25) is 0 Å². The minimum Gasteiger partial charge on any atom is -0.478 e. The highest BCUT2D eigenvalue weighted by Gasteiger charge is 2.27. The van der Waals surface area contributed by atoms with Gasteiger partial charge in [-0.25, -0.2) is 18.0 Å². The molecule has 0 saturated carbocycles. The van der Waals surface area contributed by atoms with Crippen LogP contribution in [-0.4, -0.2) is 11.1 Å². The number of carboxylic acid groups (broad SMARTS) is 1. The van der Waals surface area contributed by atoms with Gasteiger partial charge < -0.3 is 9.84 Å². The average molecular weight is 304 g/mol. The van der Waals surface area contributed by atoms with Crippen LogP contribution < -0.4 is 4.74 Å². The van der Waals surface area contributed by atoms with Crippen LogP contribution >= 0.6 is 0 Å². The van der Waals surface area contributed by atoms with E-state index in [0.29, 0.717) is 0 Å². The summed E-state index contributed by atoms with van der Waals surface area (Å²) >= 11 is 0.